The first-order chi connectivity index (χ1) is 7.58. The SMILES string of the molecule is Cc1cc(C(N)c2ccc(Br)cc2F)cs1. The average molecular weight is 300 g/mol. The molecule has 1 heterocycles. The van der Waals surface area contributed by atoms with Gasteiger partial charge < -0.3 is 5.73 Å². The molecule has 4 heteroatoms. The van der Waals surface area contributed by atoms with E-state index in [1.807, 2.05) is 18.4 Å². The summed E-state index contributed by atoms with van der Waals surface area (Å²) in [5.41, 5.74) is 7.52. The Hall–Kier alpha value is -0.710. The van der Waals surface area contributed by atoms with E-state index in [-0.39, 0.29) is 5.82 Å². The number of hydrogen-bond acceptors (Lipinski definition) is 2. The smallest absolute Gasteiger partial charge is 0.129 e. The van der Waals surface area contributed by atoms with Crippen LogP contribution in [0.15, 0.2) is 34.1 Å². The van der Waals surface area contributed by atoms with Crippen molar-refractivity contribution in [2.45, 2.75) is 13.0 Å². The number of thiophene rings is 1. The van der Waals surface area contributed by atoms with Crippen LogP contribution < -0.4 is 5.73 Å². The predicted octanol–water partition coefficient (Wildman–Crippen LogP) is 4.01. The Morgan fingerprint density at radius 2 is 2.12 bits per heavy atom. The van der Waals surface area contributed by atoms with E-state index in [1.165, 1.54) is 10.9 Å². The Balaban J connectivity index is 2.37. The third-order valence-electron chi connectivity index (χ3n) is 2.41. The van der Waals surface area contributed by atoms with Crippen LogP contribution >= 0.6 is 27.3 Å². The topological polar surface area (TPSA) is 26.0 Å². The van der Waals surface area contributed by atoms with Crippen LogP contribution in [0.4, 0.5) is 4.39 Å². The van der Waals surface area contributed by atoms with Gasteiger partial charge in [0.15, 0.2) is 0 Å². The van der Waals surface area contributed by atoms with Crippen molar-refractivity contribution in [2.75, 3.05) is 0 Å². The largest absolute Gasteiger partial charge is 0.320 e. The van der Waals surface area contributed by atoms with Gasteiger partial charge in [-0.3, -0.25) is 0 Å². The van der Waals surface area contributed by atoms with Gasteiger partial charge in [0, 0.05) is 14.9 Å². The molecular weight excluding hydrogens is 289 g/mol. The van der Waals surface area contributed by atoms with Crippen molar-refractivity contribution in [3.63, 3.8) is 0 Å². The number of rotatable bonds is 2. The zero-order valence-electron chi connectivity index (χ0n) is 8.71. The van der Waals surface area contributed by atoms with Crippen LogP contribution in [-0.2, 0) is 0 Å². The fourth-order valence-corrected chi connectivity index (χ4v) is 2.63. The molecule has 1 aromatic heterocycles. The van der Waals surface area contributed by atoms with Crippen LogP contribution in [0.25, 0.3) is 0 Å². The summed E-state index contributed by atoms with van der Waals surface area (Å²) in [6.45, 7) is 2.01. The minimum absolute atomic E-state index is 0.272. The molecule has 0 fully saturated rings. The first-order valence-electron chi connectivity index (χ1n) is 4.83. The highest BCUT2D eigenvalue weighted by atomic mass is 79.9. The summed E-state index contributed by atoms with van der Waals surface area (Å²) in [5.74, 6) is -0.272. The van der Waals surface area contributed by atoms with E-state index in [0.717, 1.165) is 10.0 Å². The highest BCUT2D eigenvalue weighted by Gasteiger charge is 2.14. The van der Waals surface area contributed by atoms with Crippen LogP contribution in [0.2, 0.25) is 0 Å². The van der Waals surface area contributed by atoms with Crippen molar-refractivity contribution in [1.82, 2.24) is 0 Å². The first kappa shape index (κ1) is 11.8. The van der Waals surface area contributed by atoms with Gasteiger partial charge in [0.2, 0.25) is 0 Å². The maximum Gasteiger partial charge on any atom is 0.129 e. The van der Waals surface area contributed by atoms with E-state index >= 15 is 0 Å². The van der Waals surface area contributed by atoms with E-state index in [0.29, 0.717) is 5.56 Å². The van der Waals surface area contributed by atoms with Crippen LogP contribution in [0.5, 0.6) is 0 Å². The van der Waals surface area contributed by atoms with E-state index in [4.69, 9.17) is 5.73 Å². The molecular formula is C12H11BrFNS. The third kappa shape index (κ3) is 2.34. The Labute approximate surface area is 106 Å². The average Bonchev–Trinajstić information content (AvgIpc) is 2.64. The molecule has 84 valence electrons. The van der Waals surface area contributed by atoms with E-state index in [9.17, 15) is 4.39 Å². The standard InChI is InChI=1S/C12H11BrFNS/c1-7-4-8(6-16-7)12(15)10-3-2-9(13)5-11(10)14/h2-6,12H,15H2,1H3. The van der Waals surface area contributed by atoms with Gasteiger partial charge in [-0.1, -0.05) is 22.0 Å². The van der Waals surface area contributed by atoms with Gasteiger partial charge >= 0.3 is 0 Å². The monoisotopic (exact) mass is 299 g/mol. The second-order valence-electron chi connectivity index (χ2n) is 3.63. The molecule has 16 heavy (non-hydrogen) atoms. The highest BCUT2D eigenvalue weighted by Crippen LogP contribution is 2.27. The minimum Gasteiger partial charge on any atom is -0.320 e. The molecule has 0 bridgehead atoms. The van der Waals surface area contributed by atoms with Gasteiger partial charge in [-0.15, -0.1) is 11.3 Å². The lowest BCUT2D eigenvalue weighted by Gasteiger charge is -2.11. The molecule has 1 atom stereocenters. The van der Waals surface area contributed by atoms with Gasteiger partial charge in [0.25, 0.3) is 0 Å². The second kappa shape index (κ2) is 4.65. The molecule has 0 saturated heterocycles. The van der Waals surface area contributed by atoms with Gasteiger partial charge in [0.05, 0.1) is 6.04 Å². The van der Waals surface area contributed by atoms with Gasteiger partial charge in [-0.25, -0.2) is 4.39 Å². The molecule has 0 saturated carbocycles. The first-order valence-corrected chi connectivity index (χ1v) is 6.51. The van der Waals surface area contributed by atoms with Crippen LogP contribution in [0.1, 0.15) is 22.0 Å². The van der Waals surface area contributed by atoms with Crippen LogP contribution in [0.3, 0.4) is 0 Å². The Morgan fingerprint density at radius 3 is 2.69 bits per heavy atom. The maximum absolute atomic E-state index is 13.7. The zero-order chi connectivity index (χ0) is 11.7. The number of nitrogens with two attached hydrogens (primary N) is 1. The summed E-state index contributed by atoms with van der Waals surface area (Å²) in [7, 11) is 0. The fraction of sp³-hybridized carbons (Fsp3) is 0.167. The van der Waals surface area contributed by atoms with Crippen LogP contribution in [-0.4, -0.2) is 0 Å². The van der Waals surface area contributed by atoms with Crippen molar-refractivity contribution in [3.8, 4) is 0 Å². The van der Waals surface area contributed by atoms with E-state index in [2.05, 4.69) is 15.9 Å². The molecule has 1 nitrogen and oxygen atoms in total. The highest BCUT2D eigenvalue weighted by molar-refractivity contribution is 9.10. The number of hydrogen-bond donors (Lipinski definition) is 1. The minimum atomic E-state index is -0.391. The van der Waals surface area contributed by atoms with Gasteiger partial charge in [-0.05, 0) is 36.1 Å². The molecule has 2 rings (SSSR count). The Bertz CT molecular complexity index is 509. The zero-order valence-corrected chi connectivity index (χ0v) is 11.1. The summed E-state index contributed by atoms with van der Waals surface area (Å²) in [4.78, 5) is 1.18. The molecule has 0 aliphatic carbocycles. The molecule has 0 aliphatic rings. The van der Waals surface area contributed by atoms with Gasteiger partial charge in [-0.2, -0.15) is 0 Å². The van der Waals surface area contributed by atoms with Crippen molar-refractivity contribution >= 4 is 27.3 Å². The summed E-state index contributed by atoms with van der Waals surface area (Å²) >= 11 is 4.85. The molecule has 2 N–H and O–H groups in total. The summed E-state index contributed by atoms with van der Waals surface area (Å²) in [5, 5.41) is 1.97. The predicted molar refractivity (Wildman–Crippen MR) is 69.2 cm³/mol. The quantitative estimate of drug-likeness (QED) is 0.891. The van der Waals surface area contributed by atoms with Crippen molar-refractivity contribution in [2.24, 2.45) is 5.73 Å². The lowest BCUT2D eigenvalue weighted by molar-refractivity contribution is 0.599. The summed E-state index contributed by atoms with van der Waals surface area (Å²) in [6.07, 6.45) is 0. The summed E-state index contributed by atoms with van der Waals surface area (Å²) in [6, 6.07) is 6.57. The lowest BCUT2D eigenvalue weighted by Crippen LogP contribution is -2.12. The molecule has 2 aromatic rings. The van der Waals surface area contributed by atoms with Crippen molar-refractivity contribution < 1.29 is 4.39 Å². The maximum atomic E-state index is 13.7. The van der Waals surface area contributed by atoms with E-state index in [1.54, 1.807) is 23.5 Å². The van der Waals surface area contributed by atoms with Crippen molar-refractivity contribution in [1.29, 1.82) is 0 Å². The Kier molecular flexibility index (Phi) is 3.42. The molecule has 0 spiro atoms. The normalized spacial score (nSPS) is 12.8. The number of aryl methyl sites for hydroxylation is 1. The molecule has 0 amide bonds. The van der Waals surface area contributed by atoms with Crippen molar-refractivity contribution in [3.05, 3.63) is 55.9 Å². The molecule has 1 unspecified atom stereocenters. The second-order valence-corrected chi connectivity index (χ2v) is 5.67. The number of halogens is 2. The van der Waals surface area contributed by atoms with Crippen LogP contribution in [0, 0.1) is 12.7 Å². The third-order valence-corrected chi connectivity index (χ3v) is 3.78. The van der Waals surface area contributed by atoms with Gasteiger partial charge in [0.1, 0.15) is 5.82 Å². The molecule has 1 aromatic carbocycles. The summed E-state index contributed by atoms with van der Waals surface area (Å²) < 4.78 is 14.4. The van der Waals surface area contributed by atoms with E-state index < -0.39 is 6.04 Å². The number of benzene rings is 1. The lowest BCUT2D eigenvalue weighted by atomic mass is 10.0. The fourth-order valence-electron chi connectivity index (χ4n) is 1.56. The Morgan fingerprint density at radius 1 is 1.38 bits per heavy atom. The molecule has 0 aliphatic heterocycles. The molecule has 0 radical (unpaired) electrons.